The Morgan fingerprint density at radius 1 is 1.53 bits per heavy atom. The second-order valence-electron chi connectivity index (χ2n) is 4.35. The van der Waals surface area contributed by atoms with Crippen LogP contribution in [0.4, 0.5) is 0 Å². The maximum absolute atomic E-state index is 11.8. The predicted octanol–water partition coefficient (Wildman–Crippen LogP) is 0.897. The lowest BCUT2D eigenvalue weighted by Gasteiger charge is -2.37. The zero-order chi connectivity index (χ0) is 12.3. The standard InChI is InChI=1S/C13H18N2O2/c1-2-7-15-13(12(14)16)9-17-8-10-5-3-4-6-11(10)13/h3-6,15H,2,7-9H2,1H3,(H2,14,16). The first-order valence-corrected chi connectivity index (χ1v) is 5.92. The van der Waals surface area contributed by atoms with Gasteiger partial charge in [0.05, 0.1) is 13.2 Å². The SMILES string of the molecule is CCCNC1(C(N)=O)COCc2ccccc21. The first-order valence-electron chi connectivity index (χ1n) is 5.92. The van der Waals surface area contributed by atoms with Crippen LogP contribution >= 0.6 is 0 Å². The van der Waals surface area contributed by atoms with Crippen molar-refractivity contribution in [1.82, 2.24) is 5.32 Å². The molecular weight excluding hydrogens is 216 g/mol. The quantitative estimate of drug-likeness (QED) is 0.813. The van der Waals surface area contributed by atoms with Gasteiger partial charge in [0.25, 0.3) is 0 Å². The normalized spacial score (nSPS) is 23.1. The molecule has 0 spiro atoms. The molecule has 1 aliphatic heterocycles. The predicted molar refractivity (Wildman–Crippen MR) is 65.3 cm³/mol. The monoisotopic (exact) mass is 234 g/mol. The largest absolute Gasteiger partial charge is 0.374 e. The van der Waals surface area contributed by atoms with E-state index in [2.05, 4.69) is 12.2 Å². The third kappa shape index (κ3) is 2.06. The van der Waals surface area contributed by atoms with E-state index in [-0.39, 0.29) is 5.91 Å². The number of nitrogens with two attached hydrogens (primary N) is 1. The number of fused-ring (bicyclic) bond motifs is 1. The summed E-state index contributed by atoms with van der Waals surface area (Å²) in [5.74, 6) is -0.377. The molecule has 1 heterocycles. The molecule has 4 nitrogen and oxygen atoms in total. The summed E-state index contributed by atoms with van der Waals surface area (Å²) in [6.07, 6.45) is 0.942. The van der Waals surface area contributed by atoms with Gasteiger partial charge in [0.15, 0.2) is 0 Å². The molecule has 0 aliphatic carbocycles. The fourth-order valence-corrected chi connectivity index (χ4v) is 2.23. The average molecular weight is 234 g/mol. The maximum Gasteiger partial charge on any atom is 0.244 e. The summed E-state index contributed by atoms with van der Waals surface area (Å²) in [6.45, 7) is 3.64. The summed E-state index contributed by atoms with van der Waals surface area (Å²) >= 11 is 0. The van der Waals surface area contributed by atoms with E-state index in [1.54, 1.807) is 0 Å². The zero-order valence-corrected chi connectivity index (χ0v) is 10.0. The number of hydrogen-bond donors (Lipinski definition) is 2. The van der Waals surface area contributed by atoms with Gasteiger partial charge >= 0.3 is 0 Å². The minimum Gasteiger partial charge on any atom is -0.374 e. The number of benzene rings is 1. The molecule has 2 rings (SSSR count). The highest BCUT2D eigenvalue weighted by atomic mass is 16.5. The van der Waals surface area contributed by atoms with E-state index in [1.165, 1.54) is 0 Å². The molecule has 1 aliphatic rings. The van der Waals surface area contributed by atoms with Gasteiger partial charge in [-0.1, -0.05) is 31.2 Å². The molecule has 1 unspecified atom stereocenters. The molecule has 1 aromatic carbocycles. The minimum absolute atomic E-state index is 0.305. The van der Waals surface area contributed by atoms with Crippen LogP contribution in [-0.4, -0.2) is 19.1 Å². The maximum atomic E-state index is 11.8. The van der Waals surface area contributed by atoms with Crippen LogP contribution < -0.4 is 11.1 Å². The van der Waals surface area contributed by atoms with E-state index < -0.39 is 5.54 Å². The summed E-state index contributed by atoms with van der Waals surface area (Å²) in [7, 11) is 0. The van der Waals surface area contributed by atoms with E-state index in [9.17, 15) is 4.79 Å². The van der Waals surface area contributed by atoms with E-state index in [0.29, 0.717) is 13.2 Å². The van der Waals surface area contributed by atoms with Crippen LogP contribution in [0.2, 0.25) is 0 Å². The van der Waals surface area contributed by atoms with Crippen molar-refractivity contribution >= 4 is 5.91 Å². The second kappa shape index (κ2) is 4.85. The summed E-state index contributed by atoms with van der Waals surface area (Å²) in [5.41, 5.74) is 6.69. The molecule has 4 heteroatoms. The van der Waals surface area contributed by atoms with Gasteiger partial charge in [-0.3, -0.25) is 10.1 Å². The van der Waals surface area contributed by atoms with Crippen LogP contribution in [0, 0.1) is 0 Å². The zero-order valence-electron chi connectivity index (χ0n) is 10.0. The third-order valence-corrected chi connectivity index (χ3v) is 3.15. The Bertz CT molecular complexity index is 420. The molecule has 92 valence electrons. The highest BCUT2D eigenvalue weighted by Gasteiger charge is 2.42. The molecule has 0 bridgehead atoms. The van der Waals surface area contributed by atoms with E-state index in [1.807, 2.05) is 24.3 Å². The Morgan fingerprint density at radius 3 is 3.00 bits per heavy atom. The topological polar surface area (TPSA) is 64.3 Å². The number of nitrogens with one attached hydrogen (secondary N) is 1. The van der Waals surface area contributed by atoms with Crippen LogP contribution in [0.1, 0.15) is 24.5 Å². The van der Waals surface area contributed by atoms with Gasteiger partial charge < -0.3 is 10.5 Å². The van der Waals surface area contributed by atoms with Gasteiger partial charge in [0.2, 0.25) is 5.91 Å². The molecule has 0 saturated carbocycles. The molecule has 0 radical (unpaired) electrons. The molecule has 1 amide bonds. The number of carbonyl (C=O) groups excluding carboxylic acids is 1. The number of ether oxygens (including phenoxy) is 1. The molecule has 1 aromatic rings. The van der Waals surface area contributed by atoms with Crippen molar-refractivity contribution in [2.75, 3.05) is 13.2 Å². The van der Waals surface area contributed by atoms with Crippen LogP contribution in [0.3, 0.4) is 0 Å². The lowest BCUT2D eigenvalue weighted by atomic mass is 9.84. The Balaban J connectivity index is 2.43. The van der Waals surface area contributed by atoms with Crippen molar-refractivity contribution in [2.24, 2.45) is 5.73 Å². The van der Waals surface area contributed by atoms with Crippen molar-refractivity contribution in [3.05, 3.63) is 35.4 Å². The Labute approximate surface area is 101 Å². The Kier molecular flexibility index (Phi) is 3.45. The smallest absolute Gasteiger partial charge is 0.244 e. The lowest BCUT2D eigenvalue weighted by molar-refractivity contribution is -0.129. The summed E-state index contributed by atoms with van der Waals surface area (Å²) < 4.78 is 5.51. The molecular formula is C13H18N2O2. The molecule has 0 fully saturated rings. The van der Waals surface area contributed by atoms with Gasteiger partial charge in [0, 0.05) is 0 Å². The fourth-order valence-electron chi connectivity index (χ4n) is 2.23. The second-order valence-corrected chi connectivity index (χ2v) is 4.35. The number of amides is 1. The van der Waals surface area contributed by atoms with Gasteiger partial charge in [-0.2, -0.15) is 0 Å². The summed E-state index contributed by atoms with van der Waals surface area (Å²) in [5, 5.41) is 3.24. The third-order valence-electron chi connectivity index (χ3n) is 3.15. The molecule has 3 N–H and O–H groups in total. The molecule has 17 heavy (non-hydrogen) atoms. The highest BCUT2D eigenvalue weighted by Crippen LogP contribution is 2.30. The number of hydrogen-bond acceptors (Lipinski definition) is 3. The number of rotatable bonds is 4. The van der Waals surface area contributed by atoms with Crippen LogP contribution in [0.25, 0.3) is 0 Å². The van der Waals surface area contributed by atoms with Crippen LogP contribution in [0.5, 0.6) is 0 Å². The van der Waals surface area contributed by atoms with Crippen LogP contribution in [0.15, 0.2) is 24.3 Å². The molecule has 0 aromatic heterocycles. The van der Waals surface area contributed by atoms with Gasteiger partial charge in [-0.15, -0.1) is 0 Å². The van der Waals surface area contributed by atoms with Crippen molar-refractivity contribution in [2.45, 2.75) is 25.5 Å². The summed E-state index contributed by atoms with van der Waals surface area (Å²) in [4.78, 5) is 11.8. The van der Waals surface area contributed by atoms with Crippen molar-refractivity contribution in [3.63, 3.8) is 0 Å². The average Bonchev–Trinajstić information content (AvgIpc) is 2.36. The van der Waals surface area contributed by atoms with Gasteiger partial charge in [-0.25, -0.2) is 0 Å². The number of carbonyl (C=O) groups is 1. The highest BCUT2D eigenvalue weighted by molar-refractivity contribution is 5.87. The van der Waals surface area contributed by atoms with E-state index in [0.717, 1.165) is 24.1 Å². The van der Waals surface area contributed by atoms with Crippen molar-refractivity contribution < 1.29 is 9.53 Å². The molecule has 1 atom stereocenters. The first-order chi connectivity index (χ1) is 8.20. The summed E-state index contributed by atoms with van der Waals surface area (Å²) in [6, 6.07) is 7.79. The van der Waals surface area contributed by atoms with Crippen molar-refractivity contribution in [3.8, 4) is 0 Å². The van der Waals surface area contributed by atoms with E-state index >= 15 is 0 Å². The van der Waals surface area contributed by atoms with Gasteiger partial charge in [0.1, 0.15) is 5.54 Å². The first kappa shape index (κ1) is 12.1. The molecule has 0 saturated heterocycles. The lowest BCUT2D eigenvalue weighted by Crippen LogP contribution is -2.57. The fraction of sp³-hybridized carbons (Fsp3) is 0.462. The van der Waals surface area contributed by atoms with Crippen LogP contribution in [-0.2, 0) is 21.7 Å². The van der Waals surface area contributed by atoms with E-state index in [4.69, 9.17) is 10.5 Å². The minimum atomic E-state index is -0.870. The Hall–Kier alpha value is -1.39. The Morgan fingerprint density at radius 2 is 2.29 bits per heavy atom. The van der Waals surface area contributed by atoms with Crippen molar-refractivity contribution in [1.29, 1.82) is 0 Å². The van der Waals surface area contributed by atoms with Gasteiger partial charge in [-0.05, 0) is 24.1 Å². The number of primary amides is 1.